The van der Waals surface area contributed by atoms with Crippen LogP contribution in [0.15, 0.2) is 49.6 Å². The lowest BCUT2D eigenvalue weighted by Gasteiger charge is -2.45. The average Bonchev–Trinajstić information content (AvgIpc) is 3.57. The Morgan fingerprint density at radius 1 is 1.11 bits per heavy atom. The first kappa shape index (κ1) is 36.2. The van der Waals surface area contributed by atoms with Crippen molar-refractivity contribution in [2.24, 2.45) is 17.3 Å². The van der Waals surface area contributed by atoms with Crippen molar-refractivity contribution < 1.29 is 29.0 Å². The topological polar surface area (TPSA) is 99.6 Å². The number of likely N-dealkylation sites (tertiary alicyclic amines) is 1. The lowest BCUT2D eigenvalue weighted by molar-refractivity contribution is -0.152. The molecule has 0 saturated carbocycles. The van der Waals surface area contributed by atoms with Crippen LogP contribution in [0.1, 0.15) is 67.2 Å². The van der Waals surface area contributed by atoms with Gasteiger partial charge in [0.05, 0.1) is 24.5 Å². The summed E-state index contributed by atoms with van der Waals surface area (Å²) >= 11 is 3.80. The van der Waals surface area contributed by atoms with E-state index in [1.165, 1.54) is 0 Å². The van der Waals surface area contributed by atoms with Crippen molar-refractivity contribution in [3.63, 3.8) is 0 Å². The summed E-state index contributed by atoms with van der Waals surface area (Å²) in [5.41, 5.74) is -1.13. The van der Waals surface area contributed by atoms with Crippen LogP contribution in [0, 0.1) is 17.3 Å². The number of hydrogen-bond acceptors (Lipinski definition) is 6. The van der Waals surface area contributed by atoms with Crippen molar-refractivity contribution in [2.45, 2.75) is 95.3 Å². The molecule has 1 aromatic carbocycles. The molecular formula is C36H52BrN3O6. The number of rotatable bonds is 15. The third-order valence-corrected chi connectivity index (χ3v) is 10.3. The lowest BCUT2D eigenvalue weighted by Crippen LogP contribution is -2.61. The normalized spacial score (nSPS) is 27.0. The predicted octanol–water partition coefficient (Wildman–Crippen LogP) is 5.35. The van der Waals surface area contributed by atoms with Gasteiger partial charge in [-0.05, 0) is 76.1 Å². The number of aliphatic hydroxyl groups excluding tert-OH is 1. The molecule has 4 rings (SSSR count). The van der Waals surface area contributed by atoms with Gasteiger partial charge in [0, 0.05) is 42.3 Å². The minimum Gasteiger partial charge on any atom is -0.494 e. The largest absolute Gasteiger partial charge is 0.494 e. The van der Waals surface area contributed by atoms with E-state index in [2.05, 4.69) is 63.7 Å². The van der Waals surface area contributed by atoms with E-state index in [1.54, 1.807) is 22.0 Å². The van der Waals surface area contributed by atoms with Gasteiger partial charge in [-0.3, -0.25) is 14.4 Å². The monoisotopic (exact) mass is 701 g/mol. The van der Waals surface area contributed by atoms with Crippen molar-refractivity contribution in [3.05, 3.63) is 49.6 Å². The fraction of sp³-hybridized carbons (Fsp3) is 0.639. The highest BCUT2D eigenvalue weighted by atomic mass is 79.9. The molecular weight excluding hydrogens is 650 g/mol. The number of aliphatic hydroxyl groups is 1. The first-order chi connectivity index (χ1) is 21.7. The molecule has 3 amide bonds. The zero-order valence-corrected chi connectivity index (χ0v) is 29.9. The van der Waals surface area contributed by atoms with E-state index in [0.717, 1.165) is 6.42 Å². The van der Waals surface area contributed by atoms with Gasteiger partial charge in [0.1, 0.15) is 17.4 Å². The maximum absolute atomic E-state index is 14.9. The van der Waals surface area contributed by atoms with Gasteiger partial charge < -0.3 is 29.3 Å². The molecule has 3 aliphatic heterocycles. The first-order valence-corrected chi connectivity index (χ1v) is 17.4. The molecule has 0 aromatic heterocycles. The van der Waals surface area contributed by atoms with E-state index >= 15 is 0 Å². The lowest BCUT2D eigenvalue weighted by atomic mass is 9.70. The molecule has 254 valence electrons. The summed E-state index contributed by atoms with van der Waals surface area (Å²) in [4.78, 5) is 49.0. The van der Waals surface area contributed by atoms with Gasteiger partial charge >= 0.3 is 0 Å². The standard InChI is InChI=1S/C36H52BrN3O6/c1-9-18-38(24-14-16-25(17-15-24)45-11-3)31(42)27-28-32(43)39(20-12-13-21-41)30(36(28)22-26(37)29(27)46-36)33(44)40(19-10-2)35(7,8)23-34(4,5)6/h9-10,14-17,26-30,41H,1-2,11-13,18-23H2,3-8H3/t26?,27-,28+,29-,30?,36?/m1/s1. The van der Waals surface area contributed by atoms with Gasteiger partial charge in [-0.1, -0.05) is 48.9 Å². The number of halogens is 1. The molecule has 9 nitrogen and oxygen atoms in total. The molecule has 1 aromatic rings. The highest BCUT2D eigenvalue weighted by molar-refractivity contribution is 9.09. The number of nitrogens with zero attached hydrogens (tertiary/aromatic N) is 3. The van der Waals surface area contributed by atoms with E-state index in [0.29, 0.717) is 43.9 Å². The van der Waals surface area contributed by atoms with Crippen LogP contribution in [0.3, 0.4) is 0 Å². The number of amides is 3. The Kier molecular flexibility index (Phi) is 11.2. The SMILES string of the molecule is C=CCN(C(=O)[C@H]1[C@@H]2OC3(CC2Br)C(C(=O)N(CC=C)C(C)(C)CC(C)(C)C)N(CCCCO)C(=O)[C@H]13)c1ccc(OCC)cc1. The Hall–Kier alpha value is -2.69. The van der Waals surface area contributed by atoms with Gasteiger partial charge in [-0.25, -0.2) is 0 Å². The van der Waals surface area contributed by atoms with E-state index in [9.17, 15) is 19.5 Å². The number of carbonyl (C=O) groups excluding carboxylic acids is 3. The summed E-state index contributed by atoms with van der Waals surface area (Å²) in [7, 11) is 0. The van der Waals surface area contributed by atoms with Gasteiger partial charge in [0.15, 0.2) is 0 Å². The second-order valence-electron chi connectivity index (χ2n) is 14.6. The number of fused-ring (bicyclic) bond motifs is 1. The molecule has 10 heteroatoms. The van der Waals surface area contributed by atoms with Crippen LogP contribution >= 0.6 is 15.9 Å². The minimum atomic E-state index is -1.18. The van der Waals surface area contributed by atoms with E-state index in [1.807, 2.05) is 36.1 Å². The molecule has 3 saturated heterocycles. The zero-order valence-electron chi connectivity index (χ0n) is 28.3. The van der Waals surface area contributed by atoms with Crippen LogP contribution in [-0.4, -0.2) is 93.6 Å². The van der Waals surface area contributed by atoms with Crippen LogP contribution in [0.4, 0.5) is 5.69 Å². The Balaban J connectivity index is 1.78. The molecule has 6 atom stereocenters. The zero-order chi connectivity index (χ0) is 34.0. The molecule has 3 fully saturated rings. The predicted molar refractivity (Wildman–Crippen MR) is 184 cm³/mol. The molecule has 2 bridgehead atoms. The molecule has 0 radical (unpaired) electrons. The quantitative estimate of drug-likeness (QED) is 0.150. The number of ether oxygens (including phenoxy) is 2. The summed E-state index contributed by atoms with van der Waals surface area (Å²) in [5, 5.41) is 9.55. The molecule has 3 unspecified atom stereocenters. The van der Waals surface area contributed by atoms with Crippen LogP contribution < -0.4 is 9.64 Å². The third kappa shape index (κ3) is 6.81. The van der Waals surface area contributed by atoms with Crippen LogP contribution in [0.25, 0.3) is 0 Å². The number of hydrogen-bond donors (Lipinski definition) is 1. The summed E-state index contributed by atoms with van der Waals surface area (Å²) in [6.45, 7) is 21.6. The van der Waals surface area contributed by atoms with Gasteiger partial charge in [-0.15, -0.1) is 13.2 Å². The van der Waals surface area contributed by atoms with Crippen molar-refractivity contribution in [1.82, 2.24) is 9.80 Å². The molecule has 0 aliphatic carbocycles. The second-order valence-corrected chi connectivity index (χ2v) is 15.8. The molecule has 3 heterocycles. The van der Waals surface area contributed by atoms with Crippen molar-refractivity contribution in [1.29, 1.82) is 0 Å². The van der Waals surface area contributed by atoms with Gasteiger partial charge in [-0.2, -0.15) is 0 Å². The Morgan fingerprint density at radius 3 is 2.33 bits per heavy atom. The van der Waals surface area contributed by atoms with Gasteiger partial charge in [0.25, 0.3) is 0 Å². The second kappa shape index (κ2) is 14.2. The van der Waals surface area contributed by atoms with Crippen molar-refractivity contribution in [2.75, 3.05) is 37.7 Å². The van der Waals surface area contributed by atoms with Crippen LogP contribution in [0.5, 0.6) is 5.75 Å². The fourth-order valence-electron chi connectivity index (χ4n) is 8.15. The Bertz CT molecular complexity index is 1290. The van der Waals surface area contributed by atoms with Crippen LogP contribution in [0.2, 0.25) is 0 Å². The smallest absolute Gasteiger partial charge is 0.249 e. The Labute approximate surface area is 283 Å². The molecule has 3 aliphatic rings. The number of alkyl halides is 1. The highest BCUT2D eigenvalue weighted by Crippen LogP contribution is 2.61. The Morgan fingerprint density at radius 2 is 1.76 bits per heavy atom. The van der Waals surface area contributed by atoms with E-state index in [4.69, 9.17) is 9.47 Å². The van der Waals surface area contributed by atoms with E-state index in [-0.39, 0.29) is 47.7 Å². The number of anilines is 1. The molecule has 46 heavy (non-hydrogen) atoms. The number of unbranched alkanes of at least 4 members (excludes halogenated alkanes) is 1. The number of benzene rings is 1. The maximum Gasteiger partial charge on any atom is 0.249 e. The summed E-state index contributed by atoms with van der Waals surface area (Å²) in [6, 6.07) is 6.39. The highest BCUT2D eigenvalue weighted by Gasteiger charge is 2.77. The van der Waals surface area contributed by atoms with Crippen molar-refractivity contribution >= 4 is 39.3 Å². The summed E-state index contributed by atoms with van der Waals surface area (Å²) < 4.78 is 12.4. The summed E-state index contributed by atoms with van der Waals surface area (Å²) in [6.07, 6.45) is 4.98. The molecule has 1 N–H and O–H groups in total. The fourth-order valence-corrected chi connectivity index (χ4v) is 9.09. The summed E-state index contributed by atoms with van der Waals surface area (Å²) in [5.74, 6) is -1.60. The minimum absolute atomic E-state index is 0.0157. The van der Waals surface area contributed by atoms with Gasteiger partial charge in [0.2, 0.25) is 17.7 Å². The molecule has 1 spiro atoms. The maximum atomic E-state index is 14.9. The average molecular weight is 703 g/mol. The number of carbonyl (C=O) groups is 3. The third-order valence-electron chi connectivity index (χ3n) is 9.42. The van der Waals surface area contributed by atoms with Crippen LogP contribution in [-0.2, 0) is 19.1 Å². The van der Waals surface area contributed by atoms with Crippen molar-refractivity contribution in [3.8, 4) is 5.75 Å². The van der Waals surface area contributed by atoms with E-state index < -0.39 is 35.1 Å². The first-order valence-electron chi connectivity index (χ1n) is 16.5.